The van der Waals surface area contributed by atoms with E-state index in [9.17, 15) is 0 Å². The third-order valence-corrected chi connectivity index (χ3v) is 3.15. The van der Waals surface area contributed by atoms with Crippen molar-refractivity contribution in [2.45, 2.75) is 46.6 Å². The van der Waals surface area contributed by atoms with Crippen LogP contribution in [0.25, 0.3) is 0 Å². The number of nitrogens with two attached hydrogens (primary N) is 1. The molecular weight excluding hydrogens is 238 g/mol. The molecule has 3 N–H and O–H groups in total. The van der Waals surface area contributed by atoms with E-state index in [4.69, 9.17) is 11.1 Å². The molecule has 1 heterocycles. The minimum absolute atomic E-state index is 0.0252. The maximum Gasteiger partial charge on any atom is 0.158 e. The molecule has 106 valence electrons. The summed E-state index contributed by atoms with van der Waals surface area (Å²) in [6, 6.07) is 0.400. The summed E-state index contributed by atoms with van der Waals surface area (Å²) in [5.41, 5.74) is 6.10. The van der Waals surface area contributed by atoms with Gasteiger partial charge in [0.15, 0.2) is 5.82 Å². The Morgan fingerprint density at radius 3 is 2.32 bits per heavy atom. The van der Waals surface area contributed by atoms with Crippen LogP contribution in [-0.4, -0.2) is 28.4 Å². The van der Waals surface area contributed by atoms with Crippen molar-refractivity contribution >= 4 is 11.7 Å². The zero-order valence-corrected chi connectivity index (χ0v) is 12.3. The van der Waals surface area contributed by atoms with Gasteiger partial charge in [-0.2, -0.15) is 0 Å². The van der Waals surface area contributed by atoms with Gasteiger partial charge >= 0.3 is 0 Å². The number of nitrogen functional groups attached to an aromatic ring is 1. The summed E-state index contributed by atoms with van der Waals surface area (Å²) in [6.07, 6.45) is 5.33. The van der Waals surface area contributed by atoms with Crippen LogP contribution in [0.2, 0.25) is 0 Å². The van der Waals surface area contributed by atoms with Crippen LogP contribution in [0.15, 0.2) is 12.4 Å². The minimum Gasteiger partial charge on any atom is -0.382 e. The summed E-state index contributed by atoms with van der Waals surface area (Å²) in [4.78, 5) is 10.9. The standard InChI is InChI=1S/C14H25N5/c1-5-11(6-2)19(9-10(3)4)14-12(13(15)16)17-7-8-18-14/h7-8,10-11H,5-6,9H2,1-4H3,(H3,15,16). The van der Waals surface area contributed by atoms with Crippen LogP contribution in [0.5, 0.6) is 0 Å². The lowest BCUT2D eigenvalue weighted by atomic mass is 10.1. The average molecular weight is 263 g/mol. The van der Waals surface area contributed by atoms with E-state index in [1.54, 1.807) is 12.4 Å². The Labute approximate surface area is 115 Å². The number of amidine groups is 1. The van der Waals surface area contributed by atoms with Gasteiger partial charge in [0.1, 0.15) is 11.5 Å². The van der Waals surface area contributed by atoms with Crippen LogP contribution in [0, 0.1) is 11.3 Å². The molecule has 1 rings (SSSR count). The Morgan fingerprint density at radius 2 is 1.84 bits per heavy atom. The Kier molecular flexibility index (Phi) is 5.73. The highest BCUT2D eigenvalue weighted by Gasteiger charge is 2.22. The normalized spacial score (nSPS) is 11.1. The van der Waals surface area contributed by atoms with Gasteiger partial charge in [-0.05, 0) is 18.8 Å². The lowest BCUT2D eigenvalue weighted by Crippen LogP contribution is -2.39. The fraction of sp³-hybridized carbons (Fsp3) is 0.643. The molecule has 1 aromatic rings. The fourth-order valence-corrected chi connectivity index (χ4v) is 2.26. The monoisotopic (exact) mass is 263 g/mol. The maximum atomic E-state index is 7.66. The van der Waals surface area contributed by atoms with Crippen molar-refractivity contribution in [2.24, 2.45) is 11.7 Å². The average Bonchev–Trinajstić information content (AvgIpc) is 2.38. The maximum absolute atomic E-state index is 7.66. The molecule has 0 radical (unpaired) electrons. The second kappa shape index (κ2) is 7.07. The van der Waals surface area contributed by atoms with Crippen molar-refractivity contribution < 1.29 is 0 Å². The van der Waals surface area contributed by atoms with Gasteiger partial charge in [0, 0.05) is 25.0 Å². The summed E-state index contributed by atoms with van der Waals surface area (Å²) >= 11 is 0. The first-order valence-electron chi connectivity index (χ1n) is 6.93. The summed E-state index contributed by atoms with van der Waals surface area (Å²) in [5.74, 6) is 1.22. The molecule has 0 aliphatic carbocycles. The number of nitrogens with one attached hydrogen (secondary N) is 1. The van der Waals surface area contributed by atoms with Crippen LogP contribution in [0.3, 0.4) is 0 Å². The van der Waals surface area contributed by atoms with Gasteiger partial charge in [-0.1, -0.05) is 27.7 Å². The molecule has 19 heavy (non-hydrogen) atoms. The van der Waals surface area contributed by atoms with Crippen molar-refractivity contribution in [2.75, 3.05) is 11.4 Å². The first-order chi connectivity index (χ1) is 9.01. The third kappa shape index (κ3) is 3.91. The number of aromatic nitrogens is 2. The largest absolute Gasteiger partial charge is 0.382 e. The van der Waals surface area contributed by atoms with Crippen molar-refractivity contribution in [3.63, 3.8) is 0 Å². The minimum atomic E-state index is -0.0252. The first kappa shape index (κ1) is 15.4. The number of hydrogen-bond donors (Lipinski definition) is 2. The molecule has 0 saturated carbocycles. The highest BCUT2D eigenvalue weighted by molar-refractivity contribution is 5.97. The number of rotatable bonds is 7. The summed E-state index contributed by atoms with van der Waals surface area (Å²) < 4.78 is 0. The van der Waals surface area contributed by atoms with Crippen LogP contribution in [0.4, 0.5) is 5.82 Å². The van der Waals surface area contributed by atoms with Crippen LogP contribution in [0.1, 0.15) is 46.2 Å². The molecule has 1 aromatic heterocycles. The number of hydrogen-bond acceptors (Lipinski definition) is 4. The Hall–Kier alpha value is -1.65. The molecule has 0 unspecified atom stereocenters. The second-order valence-electron chi connectivity index (χ2n) is 5.16. The molecule has 0 aromatic carbocycles. The Balaban J connectivity index is 3.20. The predicted molar refractivity (Wildman–Crippen MR) is 79.6 cm³/mol. The van der Waals surface area contributed by atoms with Gasteiger partial charge in [0.2, 0.25) is 0 Å². The van der Waals surface area contributed by atoms with Gasteiger partial charge in [-0.25, -0.2) is 9.97 Å². The zero-order chi connectivity index (χ0) is 14.4. The van der Waals surface area contributed by atoms with E-state index in [1.165, 1.54) is 0 Å². The molecule has 0 aliphatic rings. The van der Waals surface area contributed by atoms with E-state index >= 15 is 0 Å². The molecule has 0 saturated heterocycles. The smallest absolute Gasteiger partial charge is 0.158 e. The van der Waals surface area contributed by atoms with E-state index in [-0.39, 0.29) is 5.84 Å². The molecule has 5 nitrogen and oxygen atoms in total. The fourth-order valence-electron chi connectivity index (χ4n) is 2.26. The van der Waals surface area contributed by atoms with Gasteiger partial charge in [0.05, 0.1) is 0 Å². The predicted octanol–water partition coefficient (Wildman–Crippen LogP) is 2.41. The van der Waals surface area contributed by atoms with Crippen LogP contribution in [-0.2, 0) is 0 Å². The van der Waals surface area contributed by atoms with Crippen LogP contribution >= 0.6 is 0 Å². The highest BCUT2D eigenvalue weighted by atomic mass is 15.2. The molecule has 0 spiro atoms. The summed E-state index contributed by atoms with van der Waals surface area (Å²) in [5, 5.41) is 7.66. The van der Waals surface area contributed by atoms with Crippen molar-refractivity contribution in [3.8, 4) is 0 Å². The van der Waals surface area contributed by atoms with Crippen molar-refractivity contribution in [1.82, 2.24) is 9.97 Å². The van der Waals surface area contributed by atoms with E-state index in [1.807, 2.05) is 0 Å². The molecule has 0 bridgehead atoms. The molecule has 0 atom stereocenters. The SMILES string of the molecule is CCC(CC)N(CC(C)C)c1nccnc1C(=N)N. The molecular formula is C14H25N5. The molecule has 0 amide bonds. The lowest BCUT2D eigenvalue weighted by molar-refractivity contribution is 0.502. The summed E-state index contributed by atoms with van der Waals surface area (Å²) in [7, 11) is 0. The number of anilines is 1. The second-order valence-corrected chi connectivity index (χ2v) is 5.16. The molecule has 0 aliphatic heterocycles. The third-order valence-electron chi connectivity index (χ3n) is 3.15. The van der Waals surface area contributed by atoms with Crippen molar-refractivity contribution in [3.05, 3.63) is 18.1 Å². The van der Waals surface area contributed by atoms with Crippen molar-refractivity contribution in [1.29, 1.82) is 5.41 Å². The van der Waals surface area contributed by atoms with E-state index in [2.05, 4.69) is 42.6 Å². The Morgan fingerprint density at radius 1 is 1.26 bits per heavy atom. The Bertz CT molecular complexity index is 412. The summed E-state index contributed by atoms with van der Waals surface area (Å²) in [6.45, 7) is 9.60. The quantitative estimate of drug-likeness (QED) is 0.585. The van der Waals surface area contributed by atoms with E-state index in [0.717, 1.165) is 25.2 Å². The zero-order valence-electron chi connectivity index (χ0n) is 12.3. The van der Waals surface area contributed by atoms with Gasteiger partial charge in [-0.3, -0.25) is 5.41 Å². The van der Waals surface area contributed by atoms with Gasteiger partial charge < -0.3 is 10.6 Å². The molecule has 5 heteroatoms. The van der Waals surface area contributed by atoms with Crippen LogP contribution < -0.4 is 10.6 Å². The van der Waals surface area contributed by atoms with E-state index < -0.39 is 0 Å². The number of nitrogens with zero attached hydrogens (tertiary/aromatic N) is 3. The first-order valence-corrected chi connectivity index (χ1v) is 6.93. The highest BCUT2D eigenvalue weighted by Crippen LogP contribution is 2.22. The van der Waals surface area contributed by atoms with E-state index in [0.29, 0.717) is 17.7 Å². The molecule has 0 fully saturated rings. The topological polar surface area (TPSA) is 78.9 Å². The van der Waals surface area contributed by atoms with Gasteiger partial charge in [-0.15, -0.1) is 0 Å². The lowest BCUT2D eigenvalue weighted by Gasteiger charge is -2.33. The van der Waals surface area contributed by atoms with Gasteiger partial charge in [0.25, 0.3) is 0 Å².